The summed E-state index contributed by atoms with van der Waals surface area (Å²) in [6.07, 6.45) is 0. The van der Waals surface area contributed by atoms with Crippen LogP contribution >= 0.6 is 0 Å². The van der Waals surface area contributed by atoms with Crippen LogP contribution in [-0.4, -0.2) is 16.7 Å². The Balaban J connectivity index is 1.48. The van der Waals surface area contributed by atoms with E-state index in [9.17, 15) is 14.8 Å². The summed E-state index contributed by atoms with van der Waals surface area (Å²) in [6.45, 7) is 0. The Morgan fingerprint density at radius 2 is 1.15 bits per heavy atom. The van der Waals surface area contributed by atoms with Gasteiger partial charge in [-0.15, -0.1) is 0 Å². The molecule has 2 amide bonds. The average Bonchev–Trinajstić information content (AvgIpc) is 2.85. The van der Waals surface area contributed by atoms with Gasteiger partial charge in [0, 0.05) is 39.7 Å². The van der Waals surface area contributed by atoms with Gasteiger partial charge < -0.3 is 15.8 Å². The summed E-state index contributed by atoms with van der Waals surface area (Å²) in [4.78, 5) is 25.2. The van der Waals surface area contributed by atoms with Gasteiger partial charge in [0.2, 0.25) is 5.69 Å². The maximum absolute atomic E-state index is 12.6. The van der Waals surface area contributed by atoms with Crippen LogP contribution in [0.4, 0.5) is 22.7 Å². The monoisotopic (exact) mass is 436 g/mol. The molecule has 0 unspecified atom stereocenters. The summed E-state index contributed by atoms with van der Waals surface area (Å²) in [6, 6.07) is 30.8. The van der Waals surface area contributed by atoms with E-state index in [1.54, 1.807) is 97.1 Å². The zero-order valence-corrected chi connectivity index (χ0v) is 17.5. The van der Waals surface area contributed by atoms with Crippen LogP contribution in [0.5, 0.6) is 0 Å². The Kier molecular flexibility index (Phi) is 6.51. The average molecular weight is 436 g/mol. The lowest BCUT2D eigenvalue weighted by molar-refractivity contribution is -0.435. The normalized spacial score (nSPS) is 11.0. The number of hydrogen-bond acceptors (Lipinski definition) is 4. The molecule has 0 saturated carbocycles. The van der Waals surface area contributed by atoms with Crippen LogP contribution in [-0.2, 0) is 0 Å². The number of carbonyl (C=O) groups is 2. The lowest BCUT2D eigenvalue weighted by atomic mass is 10.2. The van der Waals surface area contributed by atoms with Crippen molar-refractivity contribution in [3.8, 4) is 0 Å². The Morgan fingerprint density at radius 3 is 1.73 bits per heavy atom. The van der Waals surface area contributed by atoms with Crippen LogP contribution in [0, 0.1) is 5.21 Å². The highest BCUT2D eigenvalue weighted by Crippen LogP contribution is 2.23. The van der Waals surface area contributed by atoms with Gasteiger partial charge in [-0.2, -0.15) is 0 Å². The number of anilines is 2. The molecule has 4 aromatic rings. The van der Waals surface area contributed by atoms with Crippen LogP contribution in [0.15, 0.2) is 114 Å². The molecule has 0 atom stereocenters. The molecule has 33 heavy (non-hydrogen) atoms. The summed E-state index contributed by atoms with van der Waals surface area (Å²) < 4.78 is 0. The number of azo groups is 1. The van der Waals surface area contributed by atoms with E-state index in [2.05, 4.69) is 15.7 Å². The topological polar surface area (TPSA) is 96.6 Å². The highest BCUT2D eigenvalue weighted by Gasteiger charge is 2.10. The predicted octanol–water partition coefficient (Wildman–Crippen LogP) is 6.12. The molecule has 0 saturated heterocycles. The highest BCUT2D eigenvalue weighted by atomic mass is 16.5. The second-order valence-corrected chi connectivity index (χ2v) is 7.11. The van der Waals surface area contributed by atoms with Gasteiger partial charge in [0.15, 0.2) is 0 Å². The second kappa shape index (κ2) is 10.0. The first-order valence-corrected chi connectivity index (χ1v) is 10.2. The Hall–Kier alpha value is -4.78. The second-order valence-electron chi connectivity index (χ2n) is 7.11. The molecule has 0 spiro atoms. The molecule has 0 aromatic heterocycles. The molecule has 0 heterocycles. The molecule has 0 aliphatic rings. The van der Waals surface area contributed by atoms with E-state index in [1.807, 2.05) is 12.1 Å². The molecule has 0 bridgehead atoms. The first-order chi connectivity index (χ1) is 16.1. The lowest BCUT2D eigenvalue weighted by Gasteiger charge is -2.07. The van der Waals surface area contributed by atoms with E-state index in [0.717, 1.165) is 0 Å². The molecular formula is C26H20N4O3. The number of hydrogen-bond donors (Lipinski definition) is 2. The Labute approximate surface area is 190 Å². The molecule has 4 rings (SSSR count). The van der Waals surface area contributed by atoms with Gasteiger partial charge in [0.25, 0.3) is 11.8 Å². The number of nitrogens with one attached hydrogen (secondary N) is 2. The number of carbonyl (C=O) groups excluding carboxylic acids is 2. The molecule has 162 valence electrons. The first kappa shape index (κ1) is 21.5. The van der Waals surface area contributed by atoms with Crippen molar-refractivity contribution in [2.45, 2.75) is 0 Å². The maximum Gasteiger partial charge on any atom is 0.255 e. The molecule has 7 nitrogen and oxygen atoms in total. The molecule has 0 aliphatic heterocycles. The SMILES string of the molecule is O=C(Nc1cccc(N=[N+]([O-])c2cccc(NC(=O)c3ccccc3)c2)c1)c1ccccc1. The summed E-state index contributed by atoms with van der Waals surface area (Å²) >= 11 is 0. The third kappa shape index (κ3) is 5.68. The van der Waals surface area contributed by atoms with Crippen molar-refractivity contribution in [1.82, 2.24) is 0 Å². The minimum absolute atomic E-state index is 0.250. The quantitative estimate of drug-likeness (QED) is 0.217. The van der Waals surface area contributed by atoms with Gasteiger partial charge in [-0.25, -0.2) is 0 Å². The number of amides is 2. The standard InChI is InChI=1S/C26H20N4O3/c31-25(19-9-3-1-4-10-19)27-21-13-7-15-23(17-21)29-30(33)24-16-8-14-22(18-24)28-26(32)20-11-5-2-6-12-20/h1-18H,(H,27,31)(H,28,32). The van der Waals surface area contributed by atoms with Gasteiger partial charge in [-0.3, -0.25) is 9.59 Å². The van der Waals surface area contributed by atoms with Crippen LogP contribution in [0.2, 0.25) is 0 Å². The van der Waals surface area contributed by atoms with Crippen molar-refractivity contribution in [3.05, 3.63) is 126 Å². The van der Waals surface area contributed by atoms with E-state index in [1.165, 1.54) is 0 Å². The van der Waals surface area contributed by atoms with Crippen LogP contribution in [0.1, 0.15) is 20.7 Å². The minimum Gasteiger partial charge on any atom is -0.594 e. The Morgan fingerprint density at radius 1 is 0.636 bits per heavy atom. The van der Waals surface area contributed by atoms with Crippen molar-refractivity contribution < 1.29 is 14.4 Å². The molecule has 7 heteroatoms. The number of benzene rings is 4. The molecule has 0 fully saturated rings. The molecule has 2 N–H and O–H groups in total. The smallest absolute Gasteiger partial charge is 0.255 e. The van der Waals surface area contributed by atoms with Crippen molar-refractivity contribution in [3.63, 3.8) is 0 Å². The van der Waals surface area contributed by atoms with Gasteiger partial charge in [-0.1, -0.05) is 53.4 Å². The van der Waals surface area contributed by atoms with Crippen molar-refractivity contribution in [2.24, 2.45) is 5.11 Å². The summed E-state index contributed by atoms with van der Waals surface area (Å²) in [7, 11) is 0. The van der Waals surface area contributed by atoms with Gasteiger partial charge >= 0.3 is 0 Å². The number of nitrogens with zero attached hydrogens (tertiary/aromatic N) is 2. The highest BCUT2D eigenvalue weighted by molar-refractivity contribution is 6.05. The lowest BCUT2D eigenvalue weighted by Crippen LogP contribution is -2.11. The zero-order chi connectivity index (χ0) is 23.0. The van der Waals surface area contributed by atoms with Gasteiger partial charge in [0.05, 0.1) is 0 Å². The summed E-state index contributed by atoms with van der Waals surface area (Å²) in [5, 5.41) is 22.3. The van der Waals surface area contributed by atoms with Crippen LogP contribution in [0.3, 0.4) is 0 Å². The van der Waals surface area contributed by atoms with Gasteiger partial charge in [-0.05, 0) is 48.5 Å². The fraction of sp³-hybridized carbons (Fsp3) is 0. The minimum atomic E-state index is -0.274. The largest absolute Gasteiger partial charge is 0.594 e. The van der Waals surface area contributed by atoms with Crippen molar-refractivity contribution in [1.29, 1.82) is 0 Å². The van der Waals surface area contributed by atoms with E-state index in [-0.39, 0.29) is 17.5 Å². The van der Waals surface area contributed by atoms with E-state index < -0.39 is 0 Å². The zero-order valence-electron chi connectivity index (χ0n) is 17.5. The number of rotatable bonds is 6. The van der Waals surface area contributed by atoms with Crippen LogP contribution < -0.4 is 10.6 Å². The van der Waals surface area contributed by atoms with Crippen LogP contribution in [0.25, 0.3) is 0 Å². The predicted molar refractivity (Wildman–Crippen MR) is 127 cm³/mol. The fourth-order valence-electron chi connectivity index (χ4n) is 3.10. The van der Waals surface area contributed by atoms with Crippen molar-refractivity contribution in [2.75, 3.05) is 10.6 Å². The summed E-state index contributed by atoms with van der Waals surface area (Å²) in [5.74, 6) is -0.530. The van der Waals surface area contributed by atoms with E-state index in [0.29, 0.717) is 33.0 Å². The third-order valence-corrected chi connectivity index (χ3v) is 4.71. The molecule has 0 aliphatic carbocycles. The van der Waals surface area contributed by atoms with E-state index >= 15 is 0 Å². The molecular weight excluding hydrogens is 416 g/mol. The Bertz CT molecular complexity index is 1310. The fourth-order valence-corrected chi connectivity index (χ4v) is 3.10. The summed E-state index contributed by atoms with van der Waals surface area (Å²) in [5.41, 5.74) is 2.65. The third-order valence-electron chi connectivity index (χ3n) is 4.71. The maximum atomic E-state index is 12.6. The van der Waals surface area contributed by atoms with Gasteiger partial charge in [0.1, 0.15) is 5.69 Å². The molecule has 0 radical (unpaired) electrons. The van der Waals surface area contributed by atoms with E-state index in [4.69, 9.17) is 0 Å². The first-order valence-electron chi connectivity index (χ1n) is 10.2. The molecule has 4 aromatic carbocycles. The van der Waals surface area contributed by atoms with Crippen molar-refractivity contribution >= 4 is 34.6 Å².